The number of hydrogen-bond acceptors (Lipinski definition) is 3. The second kappa shape index (κ2) is 5.54. The minimum atomic E-state index is -3.78. The Hall–Kier alpha value is -2.05. The number of benzene rings is 2. The number of carboxylic acids is 1. The molecule has 1 aliphatic heterocycles. The molecule has 5 nitrogen and oxygen atoms in total. The molecule has 0 bridgehead atoms. The third-order valence-electron chi connectivity index (χ3n) is 3.85. The van der Waals surface area contributed by atoms with Crippen LogP contribution in [0.4, 0.5) is 5.69 Å². The van der Waals surface area contributed by atoms with E-state index in [1.165, 1.54) is 22.5 Å². The number of carboxylic acid groups (broad SMARTS) is 1. The van der Waals surface area contributed by atoms with Crippen LogP contribution in [-0.4, -0.2) is 26.0 Å². The normalized spacial score (nSPS) is 13.9. The highest BCUT2D eigenvalue weighted by Gasteiger charge is 2.31. The van der Waals surface area contributed by atoms with Gasteiger partial charge in [-0.05, 0) is 48.7 Å². The Kier molecular flexibility index (Phi) is 3.82. The predicted octanol–water partition coefficient (Wildman–Crippen LogP) is 3.10. The van der Waals surface area contributed by atoms with Crippen LogP contribution in [0.3, 0.4) is 0 Å². The molecule has 0 radical (unpaired) electrons. The average molecular weight is 352 g/mol. The van der Waals surface area contributed by atoms with Crippen molar-refractivity contribution in [2.45, 2.75) is 18.2 Å². The zero-order valence-electron chi connectivity index (χ0n) is 12.3. The number of aromatic carboxylic acids is 1. The Morgan fingerprint density at radius 1 is 1.22 bits per heavy atom. The second-order valence-corrected chi connectivity index (χ2v) is 7.68. The maximum absolute atomic E-state index is 12.9. The van der Waals surface area contributed by atoms with Crippen molar-refractivity contribution in [3.05, 3.63) is 58.1 Å². The molecule has 1 heterocycles. The van der Waals surface area contributed by atoms with Gasteiger partial charge in [0.05, 0.1) is 21.2 Å². The number of rotatable bonds is 3. The van der Waals surface area contributed by atoms with Gasteiger partial charge in [-0.3, -0.25) is 4.31 Å². The minimum absolute atomic E-state index is 0.0122. The Morgan fingerprint density at radius 3 is 2.61 bits per heavy atom. The fourth-order valence-electron chi connectivity index (χ4n) is 2.67. The number of halogens is 1. The maximum Gasteiger partial charge on any atom is 0.337 e. The topological polar surface area (TPSA) is 74.7 Å². The number of aryl methyl sites for hydroxylation is 1. The van der Waals surface area contributed by atoms with Crippen LogP contribution in [0.2, 0.25) is 5.02 Å². The van der Waals surface area contributed by atoms with Crippen LogP contribution in [0.1, 0.15) is 21.5 Å². The summed E-state index contributed by atoms with van der Waals surface area (Å²) in [6, 6.07) is 9.40. The van der Waals surface area contributed by atoms with Gasteiger partial charge in [0.15, 0.2) is 0 Å². The van der Waals surface area contributed by atoms with Gasteiger partial charge in [0.2, 0.25) is 0 Å². The molecule has 0 atom stereocenters. The quantitative estimate of drug-likeness (QED) is 0.922. The summed E-state index contributed by atoms with van der Waals surface area (Å²) >= 11 is 5.90. The van der Waals surface area contributed by atoms with Crippen LogP contribution >= 0.6 is 11.6 Å². The van der Waals surface area contributed by atoms with Gasteiger partial charge in [-0.1, -0.05) is 23.7 Å². The first kappa shape index (κ1) is 15.8. The summed E-state index contributed by atoms with van der Waals surface area (Å²) in [6.45, 7) is 2.27. The molecule has 0 amide bonds. The first-order valence-corrected chi connectivity index (χ1v) is 8.77. The molecule has 0 aliphatic carbocycles. The van der Waals surface area contributed by atoms with Crippen LogP contribution in [0, 0.1) is 6.92 Å². The van der Waals surface area contributed by atoms with Crippen molar-refractivity contribution < 1.29 is 18.3 Å². The summed E-state index contributed by atoms with van der Waals surface area (Å²) < 4.78 is 27.1. The number of fused-ring (bicyclic) bond motifs is 1. The summed E-state index contributed by atoms with van der Waals surface area (Å²) in [6.07, 6.45) is 0.649. The van der Waals surface area contributed by atoms with Gasteiger partial charge in [0.25, 0.3) is 10.0 Å². The molecular formula is C16H14ClNO4S. The first-order valence-electron chi connectivity index (χ1n) is 6.96. The molecule has 23 heavy (non-hydrogen) atoms. The SMILES string of the molecule is Cc1ccc2c(c1)N(S(=O)(=O)c1ccc(C(=O)O)c(Cl)c1)CC2. The van der Waals surface area contributed by atoms with Crippen LogP contribution in [0.15, 0.2) is 41.3 Å². The number of sulfonamides is 1. The van der Waals surface area contributed by atoms with E-state index in [1.807, 2.05) is 25.1 Å². The highest BCUT2D eigenvalue weighted by atomic mass is 35.5. The third kappa shape index (κ3) is 2.68. The number of anilines is 1. The van der Waals surface area contributed by atoms with Crippen molar-refractivity contribution in [2.75, 3.05) is 10.8 Å². The van der Waals surface area contributed by atoms with Crippen molar-refractivity contribution in [3.8, 4) is 0 Å². The number of nitrogens with zero attached hydrogens (tertiary/aromatic N) is 1. The Labute approximate surface area is 139 Å². The van der Waals surface area contributed by atoms with Gasteiger partial charge in [-0.15, -0.1) is 0 Å². The molecule has 0 saturated carbocycles. The van der Waals surface area contributed by atoms with Crippen LogP contribution in [-0.2, 0) is 16.4 Å². The van der Waals surface area contributed by atoms with E-state index in [0.717, 1.165) is 11.1 Å². The van der Waals surface area contributed by atoms with Crippen LogP contribution in [0.5, 0.6) is 0 Å². The smallest absolute Gasteiger partial charge is 0.337 e. The average Bonchev–Trinajstić information content (AvgIpc) is 2.90. The molecule has 0 fully saturated rings. The van der Waals surface area contributed by atoms with E-state index in [2.05, 4.69) is 0 Å². The monoisotopic (exact) mass is 351 g/mol. The fraction of sp³-hybridized carbons (Fsp3) is 0.188. The summed E-state index contributed by atoms with van der Waals surface area (Å²) in [4.78, 5) is 11.0. The van der Waals surface area contributed by atoms with Crippen molar-refractivity contribution in [1.82, 2.24) is 0 Å². The van der Waals surface area contributed by atoms with Crippen molar-refractivity contribution >= 4 is 33.3 Å². The molecule has 2 aromatic rings. The largest absolute Gasteiger partial charge is 0.478 e. The number of hydrogen-bond donors (Lipinski definition) is 1. The van der Waals surface area contributed by atoms with Gasteiger partial charge in [0.1, 0.15) is 0 Å². The molecule has 7 heteroatoms. The van der Waals surface area contributed by atoms with Crippen LogP contribution < -0.4 is 4.31 Å². The van der Waals surface area contributed by atoms with Gasteiger partial charge >= 0.3 is 5.97 Å². The lowest BCUT2D eigenvalue weighted by Gasteiger charge is -2.20. The highest BCUT2D eigenvalue weighted by Crippen LogP contribution is 2.34. The zero-order chi connectivity index (χ0) is 16.8. The predicted molar refractivity (Wildman–Crippen MR) is 87.8 cm³/mol. The highest BCUT2D eigenvalue weighted by molar-refractivity contribution is 7.92. The molecule has 1 aliphatic rings. The van der Waals surface area contributed by atoms with E-state index < -0.39 is 16.0 Å². The lowest BCUT2D eigenvalue weighted by atomic mass is 10.1. The summed E-state index contributed by atoms with van der Waals surface area (Å²) in [5.41, 5.74) is 2.50. The zero-order valence-corrected chi connectivity index (χ0v) is 13.9. The molecule has 0 unspecified atom stereocenters. The molecule has 0 aromatic heterocycles. The lowest BCUT2D eigenvalue weighted by Crippen LogP contribution is -2.29. The fourth-order valence-corrected chi connectivity index (χ4v) is 4.51. The van der Waals surface area contributed by atoms with Crippen molar-refractivity contribution in [3.63, 3.8) is 0 Å². The van der Waals surface area contributed by atoms with Crippen molar-refractivity contribution in [2.24, 2.45) is 0 Å². The van der Waals surface area contributed by atoms with E-state index in [4.69, 9.17) is 16.7 Å². The van der Waals surface area contributed by atoms with Gasteiger partial charge in [-0.25, -0.2) is 13.2 Å². The Bertz CT molecular complexity index is 908. The van der Waals surface area contributed by atoms with Crippen LogP contribution in [0.25, 0.3) is 0 Å². The van der Waals surface area contributed by atoms with E-state index in [1.54, 1.807) is 0 Å². The van der Waals surface area contributed by atoms with E-state index in [9.17, 15) is 13.2 Å². The number of carbonyl (C=O) groups is 1. The lowest BCUT2D eigenvalue weighted by molar-refractivity contribution is 0.0697. The second-order valence-electron chi connectivity index (χ2n) is 5.41. The molecule has 1 N–H and O–H groups in total. The molecule has 3 rings (SSSR count). The summed E-state index contributed by atoms with van der Waals surface area (Å²) in [5, 5.41) is 8.89. The molecule has 2 aromatic carbocycles. The summed E-state index contributed by atoms with van der Waals surface area (Å²) in [7, 11) is -3.78. The van der Waals surface area contributed by atoms with Crippen molar-refractivity contribution in [1.29, 1.82) is 0 Å². The molecule has 0 spiro atoms. The Balaban J connectivity index is 2.06. The maximum atomic E-state index is 12.9. The van der Waals surface area contributed by atoms with Gasteiger partial charge < -0.3 is 5.11 Å². The molecule has 0 saturated heterocycles. The molecule has 120 valence electrons. The van der Waals surface area contributed by atoms with Gasteiger partial charge in [0, 0.05) is 6.54 Å². The summed E-state index contributed by atoms with van der Waals surface area (Å²) in [5.74, 6) is -1.19. The Morgan fingerprint density at radius 2 is 1.96 bits per heavy atom. The van der Waals surface area contributed by atoms with E-state index in [0.29, 0.717) is 18.7 Å². The minimum Gasteiger partial charge on any atom is -0.478 e. The third-order valence-corrected chi connectivity index (χ3v) is 5.97. The first-order chi connectivity index (χ1) is 10.8. The molecular weight excluding hydrogens is 338 g/mol. The van der Waals surface area contributed by atoms with E-state index >= 15 is 0 Å². The standard InChI is InChI=1S/C16H14ClNO4S/c1-10-2-3-11-6-7-18(15(11)8-10)23(21,22)12-4-5-13(16(19)20)14(17)9-12/h2-5,8-9H,6-7H2,1H3,(H,19,20). The van der Waals surface area contributed by atoms with Gasteiger partial charge in [-0.2, -0.15) is 0 Å². The van der Waals surface area contributed by atoms with E-state index in [-0.39, 0.29) is 15.5 Å².